The lowest BCUT2D eigenvalue weighted by Crippen LogP contribution is -2.30. The van der Waals surface area contributed by atoms with Gasteiger partial charge in [-0.3, -0.25) is 13.9 Å². The minimum absolute atomic E-state index is 0.0313. The molecule has 3 aliphatic rings. The molecule has 3 aliphatic heterocycles. The van der Waals surface area contributed by atoms with Crippen LogP contribution in [0.1, 0.15) is 79.6 Å². The molecular formula is C37H41F2N7O4. The smallest absolute Gasteiger partial charge is 0.314 e. The second-order valence-electron chi connectivity index (χ2n) is 14.1. The van der Waals surface area contributed by atoms with E-state index in [4.69, 9.17) is 14.4 Å². The molecule has 1 aromatic carbocycles. The van der Waals surface area contributed by atoms with Crippen molar-refractivity contribution in [2.24, 2.45) is 5.92 Å². The zero-order chi connectivity index (χ0) is 34.7. The van der Waals surface area contributed by atoms with Crippen LogP contribution in [0.15, 0.2) is 47.2 Å². The quantitative estimate of drug-likeness (QED) is 0.184. The average Bonchev–Trinajstić information content (AvgIpc) is 3.84. The number of aromatic nitrogens is 5. The Morgan fingerprint density at radius 2 is 1.90 bits per heavy atom. The predicted octanol–water partition coefficient (Wildman–Crippen LogP) is 7.04. The third-order valence-electron chi connectivity index (χ3n) is 10.5. The van der Waals surface area contributed by atoms with Crippen molar-refractivity contribution >= 4 is 23.1 Å². The van der Waals surface area contributed by atoms with Gasteiger partial charge in [0.15, 0.2) is 11.6 Å². The largest absolute Gasteiger partial charge is 0.481 e. The third-order valence-corrected chi connectivity index (χ3v) is 10.5. The number of anilines is 2. The van der Waals surface area contributed by atoms with Crippen molar-refractivity contribution in [2.45, 2.75) is 70.9 Å². The van der Waals surface area contributed by atoms with Gasteiger partial charge in [0, 0.05) is 74.0 Å². The zero-order valence-electron chi connectivity index (χ0n) is 28.5. The Bertz CT molecular complexity index is 2060. The van der Waals surface area contributed by atoms with Crippen molar-refractivity contribution in [2.75, 3.05) is 38.3 Å². The number of aryl methyl sites for hydroxylation is 1. The first kappa shape index (κ1) is 32.6. The molecule has 5 aromatic rings. The van der Waals surface area contributed by atoms with E-state index >= 15 is 0 Å². The van der Waals surface area contributed by atoms with E-state index in [1.165, 1.54) is 11.3 Å². The van der Waals surface area contributed by atoms with Gasteiger partial charge < -0.3 is 24.2 Å². The van der Waals surface area contributed by atoms with E-state index in [-0.39, 0.29) is 23.3 Å². The molecule has 262 valence electrons. The second kappa shape index (κ2) is 12.9. The Hall–Kier alpha value is -4.62. The van der Waals surface area contributed by atoms with Crippen LogP contribution in [-0.2, 0) is 28.9 Å². The number of halogens is 2. The number of alkyl halides is 2. The maximum Gasteiger partial charge on any atom is 0.314 e. The summed E-state index contributed by atoms with van der Waals surface area (Å²) >= 11 is 0. The number of rotatable bonds is 8. The molecule has 4 aromatic heterocycles. The third kappa shape index (κ3) is 5.65. The lowest BCUT2D eigenvalue weighted by atomic mass is 9.92. The average molecular weight is 686 g/mol. The van der Waals surface area contributed by atoms with Gasteiger partial charge in [-0.2, -0.15) is 5.10 Å². The molecule has 0 radical (unpaired) electrons. The fraction of sp³-hybridized carbons (Fsp3) is 0.459. The fourth-order valence-electron chi connectivity index (χ4n) is 7.94. The number of carboxylic acid groups (broad SMARTS) is 1. The number of pyridine rings is 1. The topological polar surface area (TPSA) is 114 Å². The van der Waals surface area contributed by atoms with Gasteiger partial charge in [0.1, 0.15) is 17.3 Å². The summed E-state index contributed by atoms with van der Waals surface area (Å²) in [6.45, 7) is 7.53. The van der Waals surface area contributed by atoms with E-state index in [2.05, 4.69) is 31.7 Å². The number of ether oxygens (including phenoxy) is 1. The van der Waals surface area contributed by atoms with Gasteiger partial charge in [-0.15, -0.1) is 0 Å². The number of hydrogen-bond donors (Lipinski definition) is 1. The number of benzene rings is 1. The Labute approximate surface area is 288 Å². The molecule has 0 spiro atoms. The lowest BCUT2D eigenvalue weighted by Gasteiger charge is -2.33. The van der Waals surface area contributed by atoms with Crippen molar-refractivity contribution in [1.29, 1.82) is 0 Å². The highest BCUT2D eigenvalue weighted by molar-refractivity contribution is 5.79. The summed E-state index contributed by atoms with van der Waals surface area (Å²) in [5, 5.41) is 19.1. The molecule has 1 saturated heterocycles. The number of aliphatic carboxylic acids is 1. The van der Waals surface area contributed by atoms with E-state index in [1.807, 2.05) is 26.0 Å². The van der Waals surface area contributed by atoms with Crippen LogP contribution in [0.25, 0.3) is 28.2 Å². The number of likely N-dealkylation sites (N-methyl/N-ethyl adjacent to an activating group) is 1. The number of imidazole rings is 1. The first-order chi connectivity index (χ1) is 24.2. The first-order valence-corrected chi connectivity index (χ1v) is 17.4. The highest BCUT2D eigenvalue weighted by Gasteiger charge is 2.33. The molecule has 1 unspecified atom stereocenters. The number of hydrogen-bond acceptors (Lipinski definition) is 8. The van der Waals surface area contributed by atoms with Crippen LogP contribution in [0, 0.1) is 5.92 Å². The Morgan fingerprint density at radius 1 is 1.08 bits per heavy atom. The van der Waals surface area contributed by atoms with Crippen LogP contribution in [-0.4, -0.2) is 73.6 Å². The van der Waals surface area contributed by atoms with Gasteiger partial charge in [-0.1, -0.05) is 19.0 Å². The fourth-order valence-corrected chi connectivity index (χ4v) is 7.94. The van der Waals surface area contributed by atoms with Crippen molar-refractivity contribution in [1.82, 2.24) is 29.2 Å². The number of nitrogens with zero attached hydrogens (tertiary/aromatic N) is 7. The summed E-state index contributed by atoms with van der Waals surface area (Å²) in [6.07, 6.45) is 5.14. The van der Waals surface area contributed by atoms with E-state index < -0.39 is 18.3 Å². The number of carboxylic acids is 1. The maximum atomic E-state index is 15.0. The van der Waals surface area contributed by atoms with E-state index in [1.54, 1.807) is 35.0 Å². The second-order valence-corrected chi connectivity index (χ2v) is 14.1. The molecule has 7 heterocycles. The molecule has 0 bridgehead atoms. The Morgan fingerprint density at radius 3 is 2.66 bits per heavy atom. The SMILES string of the molecule is CC(C)C(C(=O)O)c1cc(-c2cnc3cc(-c4cc5c(cc4C(F)F)N(c4nn(C6CCOCC6)c6c4CN(C)CC6)CCC5)ccn23)no1. The Kier molecular flexibility index (Phi) is 8.42. The van der Waals surface area contributed by atoms with Crippen molar-refractivity contribution in [3.05, 3.63) is 70.9 Å². The highest BCUT2D eigenvalue weighted by atomic mass is 19.3. The molecule has 8 rings (SSSR count). The number of fused-ring (bicyclic) bond motifs is 3. The predicted molar refractivity (Wildman–Crippen MR) is 183 cm³/mol. The molecule has 1 fully saturated rings. The van der Waals surface area contributed by atoms with Gasteiger partial charge in [-0.05, 0) is 79.6 Å². The highest BCUT2D eigenvalue weighted by Crippen LogP contribution is 2.44. The summed E-state index contributed by atoms with van der Waals surface area (Å²) in [7, 11) is 2.12. The first-order valence-electron chi connectivity index (χ1n) is 17.4. The molecule has 11 nitrogen and oxygen atoms in total. The minimum atomic E-state index is -2.69. The summed E-state index contributed by atoms with van der Waals surface area (Å²) in [5.74, 6) is -0.847. The molecule has 1 atom stereocenters. The van der Waals surface area contributed by atoms with Crippen molar-refractivity contribution in [3.8, 4) is 22.5 Å². The molecule has 0 aliphatic carbocycles. The standard InChI is InChI=1S/C37H41F2N7O4/c1-21(2)34(37(47)48)32-18-28(42-50-32)31-19-40-33-16-22(6-12-44(31)33)25-15-23-5-4-10-45(30(23)17-26(25)35(38)39)36-27-20-43(3)11-7-29(27)46(41-36)24-8-13-49-14-9-24/h6,12,15-19,21,24,34-35H,4-5,7-11,13-14,20H2,1-3H3,(H,47,48). The van der Waals surface area contributed by atoms with E-state index in [9.17, 15) is 18.7 Å². The normalized spacial score (nSPS) is 17.9. The summed E-state index contributed by atoms with van der Waals surface area (Å²) in [6, 6.07) is 9.12. The summed E-state index contributed by atoms with van der Waals surface area (Å²) in [5.41, 5.74) is 6.97. The van der Waals surface area contributed by atoms with Crippen LogP contribution < -0.4 is 4.90 Å². The van der Waals surface area contributed by atoms with Crippen LogP contribution in [0.5, 0.6) is 0 Å². The summed E-state index contributed by atoms with van der Waals surface area (Å²) in [4.78, 5) is 20.9. The van der Waals surface area contributed by atoms with Crippen molar-refractivity contribution < 1.29 is 27.9 Å². The summed E-state index contributed by atoms with van der Waals surface area (Å²) < 4.78 is 45.0. The van der Waals surface area contributed by atoms with Gasteiger partial charge >= 0.3 is 5.97 Å². The van der Waals surface area contributed by atoms with Gasteiger partial charge in [0.25, 0.3) is 6.43 Å². The van der Waals surface area contributed by atoms with Crippen LogP contribution in [0.4, 0.5) is 20.3 Å². The minimum Gasteiger partial charge on any atom is -0.481 e. The maximum absolute atomic E-state index is 15.0. The van der Waals surface area contributed by atoms with Crippen LogP contribution >= 0.6 is 0 Å². The van der Waals surface area contributed by atoms with Gasteiger partial charge in [-0.25, -0.2) is 13.8 Å². The van der Waals surface area contributed by atoms with Gasteiger partial charge in [0.05, 0.1) is 17.9 Å². The molecule has 1 N–H and O–H groups in total. The monoisotopic (exact) mass is 685 g/mol. The Balaban J connectivity index is 1.16. The van der Waals surface area contributed by atoms with Gasteiger partial charge in [0.2, 0.25) is 0 Å². The molecule has 0 amide bonds. The van der Waals surface area contributed by atoms with Crippen LogP contribution in [0.3, 0.4) is 0 Å². The van der Waals surface area contributed by atoms with Crippen LogP contribution in [0.2, 0.25) is 0 Å². The molecule has 50 heavy (non-hydrogen) atoms. The zero-order valence-corrected chi connectivity index (χ0v) is 28.5. The molecular weight excluding hydrogens is 644 g/mol. The number of carbonyl (C=O) groups is 1. The van der Waals surface area contributed by atoms with Crippen molar-refractivity contribution in [3.63, 3.8) is 0 Å². The van der Waals surface area contributed by atoms with E-state index in [0.717, 1.165) is 75.5 Å². The lowest BCUT2D eigenvalue weighted by molar-refractivity contribution is -0.140. The molecule has 13 heteroatoms. The van der Waals surface area contributed by atoms with E-state index in [0.29, 0.717) is 34.7 Å². The molecule has 0 saturated carbocycles.